The highest BCUT2D eigenvalue weighted by molar-refractivity contribution is 7.92. The van der Waals surface area contributed by atoms with Crippen molar-refractivity contribution >= 4 is 21.6 Å². The molecule has 0 radical (unpaired) electrons. The fourth-order valence-electron chi connectivity index (χ4n) is 3.29. The minimum absolute atomic E-state index is 0.0816. The molecule has 0 saturated carbocycles. The largest absolute Gasteiger partial charge is 0.335 e. The highest BCUT2D eigenvalue weighted by atomic mass is 32.2. The standard InChI is InChI=1S/C24H26N2O3S/c1-3-25(19-20-11-7-5-8-12-20)24(27)21-15-17-22(18-16-21)26(4-2)30(28,29)23-13-9-6-10-14-23/h5-18H,3-4,19H2,1-2H3. The third kappa shape index (κ3) is 4.71. The van der Waals surface area contributed by atoms with Gasteiger partial charge in [0.1, 0.15) is 0 Å². The molecule has 0 bridgehead atoms. The van der Waals surface area contributed by atoms with Gasteiger partial charge in [-0.05, 0) is 55.8 Å². The van der Waals surface area contributed by atoms with E-state index < -0.39 is 10.0 Å². The summed E-state index contributed by atoms with van der Waals surface area (Å²) in [4.78, 5) is 15.0. The van der Waals surface area contributed by atoms with Crippen molar-refractivity contribution in [2.24, 2.45) is 0 Å². The molecule has 0 unspecified atom stereocenters. The minimum atomic E-state index is -3.66. The lowest BCUT2D eigenvalue weighted by atomic mass is 10.1. The maximum atomic E-state index is 13.0. The van der Waals surface area contributed by atoms with E-state index in [2.05, 4.69) is 0 Å². The number of hydrogen-bond donors (Lipinski definition) is 0. The molecule has 1 amide bonds. The summed E-state index contributed by atoms with van der Waals surface area (Å²) in [5, 5.41) is 0. The molecule has 3 rings (SSSR count). The molecule has 0 spiro atoms. The zero-order valence-corrected chi connectivity index (χ0v) is 18.0. The van der Waals surface area contributed by atoms with Crippen LogP contribution in [0.4, 0.5) is 5.69 Å². The van der Waals surface area contributed by atoms with Crippen LogP contribution in [0.3, 0.4) is 0 Å². The number of benzene rings is 3. The third-order valence-corrected chi connectivity index (χ3v) is 6.82. The van der Waals surface area contributed by atoms with E-state index >= 15 is 0 Å². The predicted molar refractivity (Wildman–Crippen MR) is 120 cm³/mol. The highest BCUT2D eigenvalue weighted by Crippen LogP contribution is 2.24. The lowest BCUT2D eigenvalue weighted by Crippen LogP contribution is -2.31. The van der Waals surface area contributed by atoms with Crippen molar-refractivity contribution in [1.29, 1.82) is 0 Å². The van der Waals surface area contributed by atoms with Crippen LogP contribution in [0.2, 0.25) is 0 Å². The highest BCUT2D eigenvalue weighted by Gasteiger charge is 2.23. The Morgan fingerprint density at radius 1 is 0.767 bits per heavy atom. The fourth-order valence-corrected chi connectivity index (χ4v) is 4.79. The van der Waals surface area contributed by atoms with Crippen LogP contribution in [0.15, 0.2) is 89.8 Å². The predicted octanol–water partition coefficient (Wildman–Crippen LogP) is 4.56. The average molecular weight is 423 g/mol. The van der Waals surface area contributed by atoms with E-state index in [1.807, 2.05) is 37.3 Å². The van der Waals surface area contributed by atoms with Gasteiger partial charge in [0.15, 0.2) is 0 Å². The lowest BCUT2D eigenvalue weighted by Gasteiger charge is -2.24. The van der Waals surface area contributed by atoms with E-state index in [1.54, 1.807) is 66.4 Å². The van der Waals surface area contributed by atoms with Crippen molar-refractivity contribution in [3.05, 3.63) is 96.1 Å². The first-order valence-corrected chi connectivity index (χ1v) is 11.4. The average Bonchev–Trinajstić information content (AvgIpc) is 2.79. The number of carbonyl (C=O) groups excluding carboxylic acids is 1. The second kappa shape index (κ2) is 9.59. The molecule has 0 saturated heterocycles. The molecular formula is C24H26N2O3S. The zero-order valence-electron chi connectivity index (χ0n) is 17.2. The molecule has 0 atom stereocenters. The first kappa shape index (κ1) is 21.6. The zero-order chi connectivity index (χ0) is 21.6. The van der Waals surface area contributed by atoms with Crippen LogP contribution >= 0.6 is 0 Å². The second-order valence-corrected chi connectivity index (χ2v) is 8.70. The molecule has 30 heavy (non-hydrogen) atoms. The number of hydrogen-bond acceptors (Lipinski definition) is 3. The summed E-state index contributed by atoms with van der Waals surface area (Å²) < 4.78 is 27.3. The lowest BCUT2D eigenvalue weighted by molar-refractivity contribution is 0.0752. The first-order valence-electron chi connectivity index (χ1n) is 9.98. The number of amides is 1. The number of sulfonamides is 1. The normalized spacial score (nSPS) is 11.1. The number of nitrogens with zero attached hydrogens (tertiary/aromatic N) is 2. The molecule has 3 aromatic carbocycles. The van der Waals surface area contributed by atoms with Crippen LogP contribution < -0.4 is 4.31 Å². The summed E-state index contributed by atoms with van der Waals surface area (Å²) in [6.45, 7) is 5.14. The van der Waals surface area contributed by atoms with Gasteiger partial charge >= 0.3 is 0 Å². The van der Waals surface area contributed by atoms with Gasteiger partial charge in [-0.3, -0.25) is 9.10 Å². The van der Waals surface area contributed by atoms with E-state index in [1.165, 1.54) is 4.31 Å². The molecule has 156 valence electrons. The summed E-state index contributed by atoms with van der Waals surface area (Å²) >= 11 is 0. The van der Waals surface area contributed by atoms with Gasteiger partial charge in [0.25, 0.3) is 15.9 Å². The molecule has 0 aromatic heterocycles. The van der Waals surface area contributed by atoms with Gasteiger partial charge in [0.2, 0.25) is 0 Å². The van der Waals surface area contributed by atoms with E-state index in [9.17, 15) is 13.2 Å². The second-order valence-electron chi connectivity index (χ2n) is 6.83. The molecule has 6 heteroatoms. The first-order chi connectivity index (χ1) is 14.5. The smallest absolute Gasteiger partial charge is 0.264 e. The van der Waals surface area contributed by atoms with E-state index in [0.717, 1.165) is 5.56 Å². The molecule has 0 fully saturated rings. The van der Waals surface area contributed by atoms with Crippen molar-refractivity contribution in [1.82, 2.24) is 4.90 Å². The number of rotatable bonds is 8. The summed E-state index contributed by atoms with van der Waals surface area (Å²) in [5.74, 6) is -0.0816. The van der Waals surface area contributed by atoms with Crippen molar-refractivity contribution < 1.29 is 13.2 Å². The Morgan fingerprint density at radius 2 is 1.33 bits per heavy atom. The van der Waals surface area contributed by atoms with Crippen LogP contribution in [0.1, 0.15) is 29.8 Å². The maximum absolute atomic E-state index is 13.0. The van der Waals surface area contributed by atoms with Gasteiger partial charge in [-0.2, -0.15) is 0 Å². The number of carbonyl (C=O) groups is 1. The Morgan fingerprint density at radius 3 is 1.87 bits per heavy atom. The van der Waals surface area contributed by atoms with Crippen LogP contribution in [0.25, 0.3) is 0 Å². The third-order valence-electron chi connectivity index (χ3n) is 4.91. The van der Waals surface area contributed by atoms with E-state index in [-0.39, 0.29) is 10.8 Å². The van der Waals surface area contributed by atoms with Crippen molar-refractivity contribution in [2.75, 3.05) is 17.4 Å². The molecular weight excluding hydrogens is 396 g/mol. The molecule has 0 aliphatic carbocycles. The Bertz CT molecular complexity index is 1070. The van der Waals surface area contributed by atoms with Gasteiger partial charge in [0, 0.05) is 25.2 Å². The van der Waals surface area contributed by atoms with Gasteiger partial charge in [0.05, 0.1) is 10.6 Å². The SMILES string of the molecule is CCN(Cc1ccccc1)C(=O)c1ccc(N(CC)S(=O)(=O)c2ccccc2)cc1. The quantitative estimate of drug-likeness (QED) is 0.535. The van der Waals surface area contributed by atoms with Crippen molar-refractivity contribution in [3.63, 3.8) is 0 Å². The Hall–Kier alpha value is -3.12. The monoisotopic (exact) mass is 422 g/mol. The molecule has 0 aliphatic rings. The van der Waals surface area contributed by atoms with Crippen LogP contribution in [0, 0.1) is 0 Å². The van der Waals surface area contributed by atoms with Crippen molar-refractivity contribution in [2.45, 2.75) is 25.3 Å². The fraction of sp³-hybridized carbons (Fsp3) is 0.208. The minimum Gasteiger partial charge on any atom is -0.335 e. The molecule has 5 nitrogen and oxygen atoms in total. The summed E-state index contributed by atoms with van der Waals surface area (Å²) in [5.41, 5.74) is 2.13. The molecule has 0 N–H and O–H groups in total. The maximum Gasteiger partial charge on any atom is 0.264 e. The van der Waals surface area contributed by atoms with Gasteiger partial charge in [-0.1, -0.05) is 48.5 Å². The molecule has 3 aromatic rings. The van der Waals surface area contributed by atoms with Crippen LogP contribution in [-0.4, -0.2) is 32.3 Å². The van der Waals surface area contributed by atoms with Crippen molar-refractivity contribution in [3.8, 4) is 0 Å². The topological polar surface area (TPSA) is 57.7 Å². The summed E-state index contributed by atoms with van der Waals surface area (Å²) in [6.07, 6.45) is 0. The summed E-state index contributed by atoms with van der Waals surface area (Å²) in [6, 6.07) is 24.9. The van der Waals surface area contributed by atoms with E-state index in [4.69, 9.17) is 0 Å². The number of anilines is 1. The van der Waals surface area contributed by atoms with Gasteiger partial charge in [-0.15, -0.1) is 0 Å². The molecule has 0 aliphatic heterocycles. The summed E-state index contributed by atoms with van der Waals surface area (Å²) in [7, 11) is -3.66. The molecule has 0 heterocycles. The van der Waals surface area contributed by atoms with Gasteiger partial charge in [-0.25, -0.2) is 8.42 Å². The van der Waals surface area contributed by atoms with Crippen LogP contribution in [-0.2, 0) is 16.6 Å². The Balaban J connectivity index is 1.81. The Labute approximate surface area is 178 Å². The van der Waals surface area contributed by atoms with Crippen LogP contribution in [0.5, 0.6) is 0 Å². The van der Waals surface area contributed by atoms with Gasteiger partial charge < -0.3 is 4.90 Å². The Kier molecular flexibility index (Phi) is 6.90. The van der Waals surface area contributed by atoms with E-state index in [0.29, 0.717) is 30.9 Å².